The van der Waals surface area contributed by atoms with Crippen molar-refractivity contribution in [1.82, 2.24) is 10.2 Å². The molecule has 0 amide bonds. The molecule has 0 radical (unpaired) electrons. The van der Waals surface area contributed by atoms with E-state index in [0.717, 1.165) is 0 Å². The largest absolute Gasteiger partial charge is 0.476 e. The SMILES string of the molecule is CC(O)CC(C)Nc1ccc(C(=O)O)nn1. The number of nitrogens with zero attached hydrogens (tertiary/aromatic N) is 2. The van der Waals surface area contributed by atoms with Crippen LogP contribution < -0.4 is 5.32 Å². The van der Waals surface area contributed by atoms with Crippen LogP contribution in [0.15, 0.2) is 12.1 Å². The van der Waals surface area contributed by atoms with E-state index in [0.29, 0.717) is 12.2 Å². The summed E-state index contributed by atoms with van der Waals surface area (Å²) in [5.74, 6) is -0.603. The standard InChI is InChI=1S/C10H15N3O3/c1-6(5-7(2)14)11-9-4-3-8(10(15)16)12-13-9/h3-4,6-7,14H,5H2,1-2H3,(H,11,13)(H,15,16). The maximum absolute atomic E-state index is 10.5. The summed E-state index contributed by atoms with van der Waals surface area (Å²) in [4.78, 5) is 10.5. The first-order valence-corrected chi connectivity index (χ1v) is 5.00. The van der Waals surface area contributed by atoms with Crippen LogP contribution in [0.25, 0.3) is 0 Å². The van der Waals surface area contributed by atoms with Crippen molar-refractivity contribution in [1.29, 1.82) is 0 Å². The third-order valence-electron chi connectivity index (χ3n) is 1.97. The molecule has 0 aliphatic rings. The van der Waals surface area contributed by atoms with E-state index in [1.54, 1.807) is 13.0 Å². The molecule has 1 aromatic heterocycles. The molecule has 16 heavy (non-hydrogen) atoms. The number of aliphatic hydroxyl groups is 1. The van der Waals surface area contributed by atoms with Gasteiger partial charge in [-0.15, -0.1) is 10.2 Å². The number of carboxylic acids is 1. The molecule has 2 atom stereocenters. The highest BCUT2D eigenvalue weighted by Crippen LogP contribution is 2.07. The summed E-state index contributed by atoms with van der Waals surface area (Å²) in [6.07, 6.45) is 0.191. The van der Waals surface area contributed by atoms with Crippen molar-refractivity contribution in [2.75, 3.05) is 5.32 Å². The van der Waals surface area contributed by atoms with Crippen LogP contribution in [0, 0.1) is 0 Å². The van der Waals surface area contributed by atoms with Gasteiger partial charge in [-0.1, -0.05) is 0 Å². The second-order valence-electron chi connectivity index (χ2n) is 3.74. The van der Waals surface area contributed by atoms with Gasteiger partial charge in [-0.3, -0.25) is 0 Å². The molecule has 0 fully saturated rings. The van der Waals surface area contributed by atoms with Crippen molar-refractivity contribution in [2.45, 2.75) is 32.4 Å². The van der Waals surface area contributed by atoms with E-state index < -0.39 is 12.1 Å². The molecule has 6 nitrogen and oxygen atoms in total. The summed E-state index contributed by atoms with van der Waals surface area (Å²) in [6, 6.07) is 2.98. The number of aliphatic hydroxyl groups excluding tert-OH is 1. The lowest BCUT2D eigenvalue weighted by atomic mass is 10.1. The topological polar surface area (TPSA) is 95.3 Å². The molecule has 0 aromatic carbocycles. The Morgan fingerprint density at radius 3 is 2.56 bits per heavy atom. The van der Waals surface area contributed by atoms with Gasteiger partial charge in [-0.25, -0.2) is 4.79 Å². The molecule has 1 aromatic rings. The first kappa shape index (κ1) is 12.4. The summed E-state index contributed by atoms with van der Waals surface area (Å²) in [5.41, 5.74) is -0.0891. The average molecular weight is 225 g/mol. The predicted octanol–water partition coefficient (Wildman–Crippen LogP) is 0.746. The molecule has 1 heterocycles. The minimum Gasteiger partial charge on any atom is -0.476 e. The minimum atomic E-state index is -1.10. The molecule has 2 unspecified atom stereocenters. The molecular weight excluding hydrogens is 210 g/mol. The molecule has 88 valence electrons. The van der Waals surface area contributed by atoms with E-state index in [9.17, 15) is 4.79 Å². The van der Waals surface area contributed by atoms with Crippen LogP contribution in [-0.4, -0.2) is 38.5 Å². The minimum absolute atomic E-state index is 0.0463. The summed E-state index contributed by atoms with van der Waals surface area (Å²) in [6.45, 7) is 3.61. The number of hydrogen-bond donors (Lipinski definition) is 3. The van der Waals surface area contributed by atoms with E-state index >= 15 is 0 Å². The zero-order valence-corrected chi connectivity index (χ0v) is 9.21. The Morgan fingerprint density at radius 2 is 2.12 bits per heavy atom. The van der Waals surface area contributed by atoms with Crippen LogP contribution in [0.4, 0.5) is 5.82 Å². The van der Waals surface area contributed by atoms with Crippen molar-refractivity contribution in [3.8, 4) is 0 Å². The highest BCUT2D eigenvalue weighted by molar-refractivity contribution is 5.85. The van der Waals surface area contributed by atoms with E-state index in [-0.39, 0.29) is 11.7 Å². The molecule has 0 aliphatic carbocycles. The molecule has 0 saturated carbocycles. The van der Waals surface area contributed by atoms with Gasteiger partial charge in [0.1, 0.15) is 5.82 Å². The summed E-state index contributed by atoms with van der Waals surface area (Å²) in [7, 11) is 0. The fourth-order valence-corrected chi connectivity index (χ4v) is 1.35. The third kappa shape index (κ3) is 3.82. The number of rotatable bonds is 5. The lowest BCUT2D eigenvalue weighted by Crippen LogP contribution is -2.21. The number of aromatic nitrogens is 2. The summed E-state index contributed by atoms with van der Waals surface area (Å²) < 4.78 is 0. The van der Waals surface area contributed by atoms with Crippen molar-refractivity contribution < 1.29 is 15.0 Å². The number of carboxylic acid groups (broad SMARTS) is 1. The van der Waals surface area contributed by atoms with Crippen LogP contribution in [-0.2, 0) is 0 Å². The van der Waals surface area contributed by atoms with Crippen molar-refractivity contribution in [3.05, 3.63) is 17.8 Å². The highest BCUT2D eigenvalue weighted by Gasteiger charge is 2.08. The lowest BCUT2D eigenvalue weighted by Gasteiger charge is -2.15. The molecular formula is C10H15N3O3. The number of carbonyl (C=O) groups is 1. The van der Waals surface area contributed by atoms with E-state index in [1.165, 1.54) is 6.07 Å². The van der Waals surface area contributed by atoms with Crippen LogP contribution in [0.5, 0.6) is 0 Å². The Labute approximate surface area is 93.3 Å². The zero-order valence-electron chi connectivity index (χ0n) is 9.21. The zero-order chi connectivity index (χ0) is 12.1. The Morgan fingerprint density at radius 1 is 1.44 bits per heavy atom. The molecule has 0 saturated heterocycles. The van der Waals surface area contributed by atoms with Crippen LogP contribution in [0.3, 0.4) is 0 Å². The smallest absolute Gasteiger partial charge is 0.356 e. The third-order valence-corrected chi connectivity index (χ3v) is 1.97. The number of hydrogen-bond acceptors (Lipinski definition) is 5. The maximum atomic E-state index is 10.5. The van der Waals surface area contributed by atoms with E-state index in [1.807, 2.05) is 6.92 Å². The van der Waals surface area contributed by atoms with Gasteiger partial charge < -0.3 is 15.5 Å². The van der Waals surface area contributed by atoms with Gasteiger partial charge >= 0.3 is 5.97 Å². The van der Waals surface area contributed by atoms with E-state index in [4.69, 9.17) is 10.2 Å². The van der Waals surface area contributed by atoms with Crippen molar-refractivity contribution in [3.63, 3.8) is 0 Å². The van der Waals surface area contributed by atoms with Gasteiger partial charge in [0, 0.05) is 6.04 Å². The number of aromatic carboxylic acids is 1. The molecule has 0 spiro atoms. The van der Waals surface area contributed by atoms with Crippen molar-refractivity contribution >= 4 is 11.8 Å². The van der Waals surface area contributed by atoms with Gasteiger partial charge in [-0.2, -0.15) is 0 Å². The van der Waals surface area contributed by atoms with Crippen LogP contribution in [0.1, 0.15) is 30.8 Å². The lowest BCUT2D eigenvalue weighted by molar-refractivity contribution is 0.0689. The monoisotopic (exact) mass is 225 g/mol. The second-order valence-corrected chi connectivity index (χ2v) is 3.74. The summed E-state index contributed by atoms with van der Waals surface area (Å²) >= 11 is 0. The second kappa shape index (κ2) is 5.41. The average Bonchev–Trinajstić information content (AvgIpc) is 2.16. The number of nitrogens with one attached hydrogen (secondary N) is 1. The van der Waals surface area contributed by atoms with E-state index in [2.05, 4.69) is 15.5 Å². The fourth-order valence-electron chi connectivity index (χ4n) is 1.35. The normalized spacial score (nSPS) is 14.2. The predicted molar refractivity (Wildman–Crippen MR) is 58.4 cm³/mol. The van der Waals surface area contributed by atoms with Gasteiger partial charge in [0.15, 0.2) is 5.69 Å². The van der Waals surface area contributed by atoms with Crippen LogP contribution >= 0.6 is 0 Å². The van der Waals surface area contributed by atoms with Gasteiger partial charge in [0.2, 0.25) is 0 Å². The quantitative estimate of drug-likeness (QED) is 0.684. The van der Waals surface area contributed by atoms with Gasteiger partial charge in [0.05, 0.1) is 6.10 Å². The highest BCUT2D eigenvalue weighted by atomic mass is 16.4. The first-order chi connectivity index (χ1) is 7.49. The molecule has 3 N–H and O–H groups in total. The number of anilines is 1. The Balaban J connectivity index is 2.58. The molecule has 1 rings (SSSR count). The first-order valence-electron chi connectivity index (χ1n) is 5.00. The fraction of sp³-hybridized carbons (Fsp3) is 0.500. The molecule has 6 heteroatoms. The van der Waals surface area contributed by atoms with Gasteiger partial charge in [-0.05, 0) is 32.4 Å². The molecule has 0 aliphatic heterocycles. The Bertz CT molecular complexity index is 351. The summed E-state index contributed by atoms with van der Waals surface area (Å²) in [5, 5.41) is 28.1. The Hall–Kier alpha value is -1.69. The Kier molecular flexibility index (Phi) is 4.19. The van der Waals surface area contributed by atoms with Crippen molar-refractivity contribution in [2.24, 2.45) is 0 Å². The maximum Gasteiger partial charge on any atom is 0.356 e. The molecule has 0 bridgehead atoms. The van der Waals surface area contributed by atoms with Crippen LogP contribution in [0.2, 0.25) is 0 Å². The van der Waals surface area contributed by atoms with Gasteiger partial charge in [0.25, 0.3) is 0 Å².